The van der Waals surface area contributed by atoms with E-state index in [0.29, 0.717) is 11.4 Å². The topological polar surface area (TPSA) is 78.1 Å². The van der Waals surface area contributed by atoms with Crippen LogP contribution in [0, 0.1) is 0 Å². The molecule has 0 aliphatic heterocycles. The van der Waals surface area contributed by atoms with Crippen molar-refractivity contribution in [1.82, 2.24) is 15.0 Å². The highest BCUT2D eigenvalue weighted by atomic mass is 16.3. The molecule has 45 heavy (non-hydrogen) atoms. The molecule has 0 spiro atoms. The van der Waals surface area contributed by atoms with Crippen molar-refractivity contribution >= 4 is 66.1 Å². The second-order valence-corrected chi connectivity index (χ2v) is 11.3. The predicted molar refractivity (Wildman–Crippen MR) is 178 cm³/mol. The van der Waals surface area contributed by atoms with Crippen LogP contribution in [0.4, 0.5) is 0 Å². The molecule has 0 atom stereocenters. The van der Waals surface area contributed by atoms with Gasteiger partial charge < -0.3 is 13.3 Å². The number of furan rings is 3. The summed E-state index contributed by atoms with van der Waals surface area (Å²) in [5.74, 6) is 0. The molecule has 10 rings (SSSR count). The fourth-order valence-electron chi connectivity index (χ4n) is 6.43. The van der Waals surface area contributed by atoms with Crippen LogP contribution in [0.2, 0.25) is 0 Å². The van der Waals surface area contributed by atoms with Gasteiger partial charge in [0.25, 0.3) is 0 Å². The van der Waals surface area contributed by atoms with Gasteiger partial charge in [0.15, 0.2) is 0 Å². The van der Waals surface area contributed by atoms with Gasteiger partial charge in [0.1, 0.15) is 22.3 Å². The molecule has 6 heteroatoms. The van der Waals surface area contributed by atoms with E-state index in [9.17, 15) is 0 Å². The Morgan fingerprint density at radius 2 is 0.778 bits per heavy atom. The van der Waals surface area contributed by atoms with Crippen molar-refractivity contribution < 1.29 is 13.3 Å². The van der Waals surface area contributed by atoms with E-state index in [1.807, 2.05) is 66.7 Å². The Kier molecular flexibility index (Phi) is 4.90. The molecule has 0 saturated heterocycles. The second kappa shape index (κ2) is 9.11. The average Bonchev–Trinajstić information content (AvgIpc) is 3.78. The summed E-state index contributed by atoms with van der Waals surface area (Å²) in [6.45, 7) is 0. The number of nitrogens with zero attached hydrogens (tertiary/aromatic N) is 3. The molecular formula is C39H21N3O3. The third-order valence-electron chi connectivity index (χ3n) is 8.64. The molecule has 0 aliphatic carbocycles. The lowest BCUT2D eigenvalue weighted by Crippen LogP contribution is -1.88. The van der Waals surface area contributed by atoms with Gasteiger partial charge >= 0.3 is 0 Å². The highest BCUT2D eigenvalue weighted by Crippen LogP contribution is 2.37. The minimum Gasteiger partial charge on any atom is -0.456 e. The molecule has 0 N–H and O–H groups in total. The Morgan fingerprint density at radius 1 is 0.356 bits per heavy atom. The molecule has 0 aliphatic rings. The minimum atomic E-state index is 0.642. The first-order chi connectivity index (χ1) is 22.2. The van der Waals surface area contributed by atoms with Crippen LogP contribution in [-0.2, 0) is 0 Å². The van der Waals surface area contributed by atoms with E-state index < -0.39 is 0 Å². The molecule has 210 valence electrons. The Labute approximate surface area is 255 Å². The summed E-state index contributed by atoms with van der Waals surface area (Å²) in [6, 6.07) is 39.2. The second-order valence-electron chi connectivity index (χ2n) is 11.3. The summed E-state index contributed by atoms with van der Waals surface area (Å²) in [5, 5.41) is 6.20. The van der Waals surface area contributed by atoms with Gasteiger partial charge in [0, 0.05) is 55.8 Å². The molecule has 6 nitrogen and oxygen atoms in total. The van der Waals surface area contributed by atoms with Gasteiger partial charge in [-0.3, -0.25) is 0 Å². The van der Waals surface area contributed by atoms with Crippen molar-refractivity contribution in [3.8, 4) is 33.6 Å². The fourth-order valence-corrected chi connectivity index (χ4v) is 6.43. The number of hydrogen-bond acceptors (Lipinski definition) is 6. The van der Waals surface area contributed by atoms with Gasteiger partial charge in [-0.1, -0.05) is 18.2 Å². The molecule has 6 heterocycles. The minimum absolute atomic E-state index is 0.642. The molecule has 0 unspecified atom stereocenters. The van der Waals surface area contributed by atoms with Gasteiger partial charge in [-0.15, -0.1) is 0 Å². The van der Waals surface area contributed by atoms with Crippen molar-refractivity contribution in [3.63, 3.8) is 0 Å². The zero-order chi connectivity index (χ0) is 29.5. The molecule has 4 aromatic carbocycles. The number of rotatable bonds is 3. The summed E-state index contributed by atoms with van der Waals surface area (Å²) in [4.78, 5) is 13.8. The van der Waals surface area contributed by atoms with Gasteiger partial charge in [0.05, 0.1) is 11.4 Å². The summed E-state index contributed by atoms with van der Waals surface area (Å²) in [6.07, 6.45) is 3.50. The molecule has 0 amide bonds. The van der Waals surface area contributed by atoms with Gasteiger partial charge in [-0.05, 0) is 108 Å². The molecule has 0 bridgehead atoms. The first-order valence-corrected chi connectivity index (χ1v) is 14.7. The molecular weight excluding hydrogens is 558 g/mol. The predicted octanol–water partition coefficient (Wildman–Crippen LogP) is 10.6. The van der Waals surface area contributed by atoms with Crippen molar-refractivity contribution in [2.45, 2.75) is 0 Å². The van der Waals surface area contributed by atoms with E-state index in [1.165, 1.54) is 0 Å². The van der Waals surface area contributed by atoms with Crippen molar-refractivity contribution in [2.75, 3.05) is 0 Å². The maximum atomic E-state index is 6.25. The largest absolute Gasteiger partial charge is 0.456 e. The van der Waals surface area contributed by atoms with Crippen LogP contribution in [0.5, 0.6) is 0 Å². The van der Waals surface area contributed by atoms with Gasteiger partial charge in [0.2, 0.25) is 11.4 Å². The Balaban J connectivity index is 1.07. The summed E-state index contributed by atoms with van der Waals surface area (Å²) in [7, 11) is 0. The first-order valence-electron chi connectivity index (χ1n) is 14.7. The van der Waals surface area contributed by atoms with Gasteiger partial charge in [-0.2, -0.15) is 0 Å². The van der Waals surface area contributed by atoms with Crippen molar-refractivity contribution in [3.05, 3.63) is 128 Å². The van der Waals surface area contributed by atoms with Crippen LogP contribution < -0.4 is 0 Å². The maximum Gasteiger partial charge on any atom is 0.227 e. The van der Waals surface area contributed by atoms with E-state index >= 15 is 0 Å². The normalized spacial score (nSPS) is 12.0. The van der Waals surface area contributed by atoms with E-state index in [1.54, 1.807) is 12.4 Å². The number of fused-ring (bicyclic) bond motifs is 9. The molecule has 10 aromatic rings. The fraction of sp³-hybridized carbons (Fsp3) is 0. The Hall–Kier alpha value is -6.27. The highest BCUT2D eigenvalue weighted by Gasteiger charge is 2.14. The van der Waals surface area contributed by atoms with Crippen LogP contribution in [0.1, 0.15) is 0 Å². The Bertz CT molecular complexity index is 2790. The standard InChI is InChI=1S/C39H21N3O3/c1-6-32(24-11-15-37-29(20-24)27-5-3-17-41-39(27)45-37)42-33(7-1)25-10-14-35-31(21-25)30-19-23(8-12-34(30)43-35)22-9-13-36-28(18-22)26-4-2-16-40-38(26)44-36/h1-21H. The van der Waals surface area contributed by atoms with Crippen molar-refractivity contribution in [2.24, 2.45) is 0 Å². The van der Waals surface area contributed by atoms with E-state index in [-0.39, 0.29) is 0 Å². The third-order valence-corrected chi connectivity index (χ3v) is 8.64. The summed E-state index contributed by atoms with van der Waals surface area (Å²) < 4.78 is 18.1. The summed E-state index contributed by atoms with van der Waals surface area (Å²) in [5.41, 5.74) is 10.7. The molecule has 0 fully saturated rings. The average molecular weight is 580 g/mol. The van der Waals surface area contributed by atoms with Crippen LogP contribution in [0.25, 0.3) is 99.7 Å². The number of aromatic nitrogens is 3. The van der Waals surface area contributed by atoms with Crippen LogP contribution >= 0.6 is 0 Å². The quantitative estimate of drug-likeness (QED) is 0.207. The van der Waals surface area contributed by atoms with E-state index in [0.717, 1.165) is 88.3 Å². The van der Waals surface area contributed by atoms with E-state index in [4.69, 9.17) is 18.2 Å². The summed E-state index contributed by atoms with van der Waals surface area (Å²) >= 11 is 0. The van der Waals surface area contributed by atoms with Crippen LogP contribution in [0.3, 0.4) is 0 Å². The molecule has 0 saturated carbocycles. The zero-order valence-corrected chi connectivity index (χ0v) is 23.7. The number of pyridine rings is 3. The molecule has 6 aromatic heterocycles. The molecule has 0 radical (unpaired) electrons. The lowest BCUT2D eigenvalue weighted by molar-refractivity contribution is 0.653. The maximum absolute atomic E-state index is 6.25. The smallest absolute Gasteiger partial charge is 0.227 e. The Morgan fingerprint density at radius 3 is 1.29 bits per heavy atom. The van der Waals surface area contributed by atoms with Crippen LogP contribution in [0.15, 0.2) is 141 Å². The zero-order valence-electron chi connectivity index (χ0n) is 23.7. The van der Waals surface area contributed by atoms with Crippen molar-refractivity contribution in [1.29, 1.82) is 0 Å². The number of benzene rings is 4. The lowest BCUT2D eigenvalue weighted by atomic mass is 10.00. The first kappa shape index (κ1) is 24.2. The lowest BCUT2D eigenvalue weighted by Gasteiger charge is -2.06. The highest BCUT2D eigenvalue weighted by molar-refractivity contribution is 6.09. The number of hydrogen-bond donors (Lipinski definition) is 0. The third kappa shape index (κ3) is 3.72. The van der Waals surface area contributed by atoms with Gasteiger partial charge in [-0.25, -0.2) is 15.0 Å². The van der Waals surface area contributed by atoms with E-state index in [2.05, 4.69) is 58.5 Å². The monoisotopic (exact) mass is 579 g/mol. The van der Waals surface area contributed by atoms with Crippen LogP contribution in [-0.4, -0.2) is 15.0 Å². The SMILES string of the molecule is c1cc(-c2ccc3oc4ccc(-c5ccc6oc7ncccc7c6c5)cc4c3c2)nc(-c2ccc3oc4ncccc4c3c2)c1.